The monoisotopic (exact) mass is 324 g/mol. The summed E-state index contributed by atoms with van der Waals surface area (Å²) < 4.78 is 10.8. The smallest absolute Gasteiger partial charge is 0.197 e. The first-order valence-electron chi connectivity index (χ1n) is 7.32. The molecule has 0 amide bonds. The molecule has 0 saturated heterocycles. The molecule has 2 N–H and O–H groups in total. The highest BCUT2D eigenvalue weighted by Crippen LogP contribution is 2.36. The van der Waals surface area contributed by atoms with Crippen molar-refractivity contribution in [3.05, 3.63) is 64.8 Å². The van der Waals surface area contributed by atoms with E-state index in [0.717, 1.165) is 0 Å². The lowest BCUT2D eigenvalue weighted by Gasteiger charge is -2.09. The molecule has 0 aliphatic carbocycles. The quantitative estimate of drug-likeness (QED) is 0.717. The largest absolute Gasteiger partial charge is 0.507 e. The Morgan fingerprint density at radius 1 is 1.21 bits per heavy atom. The van der Waals surface area contributed by atoms with E-state index in [1.165, 1.54) is 18.2 Å². The van der Waals surface area contributed by atoms with Crippen LogP contribution in [0.1, 0.15) is 5.56 Å². The van der Waals surface area contributed by atoms with Gasteiger partial charge in [-0.15, -0.1) is 6.58 Å². The number of phenolic OH excluding ortho intramolecular Hbond substituents is 2. The van der Waals surface area contributed by atoms with E-state index in [1.807, 2.05) is 0 Å². The molecule has 0 spiro atoms. The van der Waals surface area contributed by atoms with Crippen molar-refractivity contribution in [2.75, 3.05) is 7.11 Å². The maximum absolute atomic E-state index is 12.4. The zero-order chi connectivity index (χ0) is 17.3. The van der Waals surface area contributed by atoms with Gasteiger partial charge in [-0.25, -0.2) is 0 Å². The van der Waals surface area contributed by atoms with Crippen molar-refractivity contribution in [3.63, 3.8) is 0 Å². The molecule has 0 aliphatic rings. The summed E-state index contributed by atoms with van der Waals surface area (Å²) in [7, 11) is 1.57. The van der Waals surface area contributed by atoms with Crippen LogP contribution in [-0.4, -0.2) is 17.3 Å². The van der Waals surface area contributed by atoms with Crippen molar-refractivity contribution in [2.24, 2.45) is 0 Å². The van der Waals surface area contributed by atoms with Crippen LogP contribution in [0.2, 0.25) is 0 Å². The molecule has 122 valence electrons. The van der Waals surface area contributed by atoms with Gasteiger partial charge in [0.15, 0.2) is 5.43 Å². The van der Waals surface area contributed by atoms with E-state index in [4.69, 9.17) is 9.15 Å². The van der Waals surface area contributed by atoms with E-state index >= 15 is 0 Å². The van der Waals surface area contributed by atoms with Crippen LogP contribution in [-0.2, 0) is 6.42 Å². The number of rotatable bonds is 4. The van der Waals surface area contributed by atoms with Gasteiger partial charge < -0.3 is 19.4 Å². The van der Waals surface area contributed by atoms with Crippen molar-refractivity contribution < 1.29 is 19.4 Å². The number of benzene rings is 2. The standard InChI is InChI=1S/C19H16O5/c1-3-4-13-14(20)9-17-18(19(13)22)15(21)10-16(24-17)11-5-7-12(23-2)8-6-11/h3,5-10,20,22H,1,4H2,2H3. The van der Waals surface area contributed by atoms with Crippen LogP contribution < -0.4 is 10.2 Å². The van der Waals surface area contributed by atoms with E-state index in [2.05, 4.69) is 6.58 Å². The molecule has 5 heteroatoms. The summed E-state index contributed by atoms with van der Waals surface area (Å²) in [5.41, 5.74) is 0.673. The fourth-order valence-electron chi connectivity index (χ4n) is 2.57. The van der Waals surface area contributed by atoms with Gasteiger partial charge in [-0.1, -0.05) is 6.08 Å². The zero-order valence-corrected chi connectivity index (χ0v) is 13.1. The summed E-state index contributed by atoms with van der Waals surface area (Å²) in [6, 6.07) is 9.67. The van der Waals surface area contributed by atoms with Crippen molar-refractivity contribution in [2.45, 2.75) is 6.42 Å². The summed E-state index contributed by atoms with van der Waals surface area (Å²) in [5, 5.41) is 20.4. The Balaban J connectivity index is 2.21. The lowest BCUT2D eigenvalue weighted by atomic mass is 10.0. The minimum Gasteiger partial charge on any atom is -0.507 e. The number of phenols is 2. The van der Waals surface area contributed by atoms with Gasteiger partial charge in [-0.05, 0) is 30.7 Å². The van der Waals surface area contributed by atoms with Crippen molar-refractivity contribution in [3.8, 4) is 28.6 Å². The maximum atomic E-state index is 12.4. The molecule has 0 radical (unpaired) electrons. The van der Waals surface area contributed by atoms with Gasteiger partial charge in [0.2, 0.25) is 0 Å². The van der Waals surface area contributed by atoms with Crippen molar-refractivity contribution >= 4 is 11.0 Å². The highest BCUT2D eigenvalue weighted by molar-refractivity contribution is 5.88. The fraction of sp³-hybridized carbons (Fsp3) is 0.105. The molecule has 1 heterocycles. The molecule has 24 heavy (non-hydrogen) atoms. The Kier molecular flexibility index (Phi) is 4.00. The molecule has 0 saturated carbocycles. The van der Waals surface area contributed by atoms with Crippen LogP contribution >= 0.6 is 0 Å². The predicted molar refractivity (Wildman–Crippen MR) is 91.7 cm³/mol. The third-order valence-electron chi connectivity index (χ3n) is 3.80. The third-order valence-corrected chi connectivity index (χ3v) is 3.80. The first-order valence-corrected chi connectivity index (χ1v) is 7.32. The summed E-state index contributed by atoms with van der Waals surface area (Å²) in [6.45, 7) is 3.57. The number of hydrogen-bond donors (Lipinski definition) is 2. The molecule has 0 atom stereocenters. The summed E-state index contributed by atoms with van der Waals surface area (Å²) >= 11 is 0. The number of aromatic hydroxyl groups is 2. The maximum Gasteiger partial charge on any atom is 0.197 e. The van der Waals surface area contributed by atoms with Gasteiger partial charge in [0.1, 0.15) is 34.0 Å². The van der Waals surface area contributed by atoms with E-state index < -0.39 is 0 Å². The van der Waals surface area contributed by atoms with Gasteiger partial charge in [0, 0.05) is 23.3 Å². The molecule has 1 aromatic heterocycles. The minimum absolute atomic E-state index is 0.0434. The SMILES string of the molecule is C=CCc1c(O)cc2oc(-c3ccc(OC)cc3)cc(=O)c2c1O. The molecule has 5 nitrogen and oxygen atoms in total. The molecule has 0 unspecified atom stereocenters. The zero-order valence-electron chi connectivity index (χ0n) is 13.1. The van der Waals surface area contributed by atoms with E-state index in [-0.39, 0.29) is 39.9 Å². The molecule has 3 aromatic rings. The fourth-order valence-corrected chi connectivity index (χ4v) is 2.57. The Morgan fingerprint density at radius 2 is 1.92 bits per heavy atom. The summed E-state index contributed by atoms with van der Waals surface area (Å²) in [5.74, 6) is 0.603. The predicted octanol–water partition coefficient (Wildman–Crippen LogP) is 3.61. The Labute approximate surface area is 138 Å². The number of allylic oxidation sites excluding steroid dienone is 1. The Bertz CT molecular complexity index is 968. The van der Waals surface area contributed by atoms with Crippen molar-refractivity contribution in [1.82, 2.24) is 0 Å². The molecular formula is C19H16O5. The van der Waals surface area contributed by atoms with Crippen LogP contribution in [0.25, 0.3) is 22.3 Å². The molecule has 2 aromatic carbocycles. The third kappa shape index (κ3) is 2.60. The number of fused-ring (bicyclic) bond motifs is 1. The second-order valence-corrected chi connectivity index (χ2v) is 5.29. The highest BCUT2D eigenvalue weighted by atomic mass is 16.5. The Morgan fingerprint density at radius 3 is 2.54 bits per heavy atom. The average molecular weight is 324 g/mol. The second-order valence-electron chi connectivity index (χ2n) is 5.29. The first-order chi connectivity index (χ1) is 11.5. The normalized spacial score (nSPS) is 10.7. The van der Waals surface area contributed by atoms with Crippen LogP contribution in [0.4, 0.5) is 0 Å². The Hall–Kier alpha value is -3.21. The summed E-state index contributed by atoms with van der Waals surface area (Å²) in [4.78, 5) is 12.4. The number of hydrogen-bond acceptors (Lipinski definition) is 5. The van der Waals surface area contributed by atoms with Gasteiger partial charge in [0.05, 0.1) is 7.11 Å². The average Bonchev–Trinajstić information content (AvgIpc) is 2.58. The van der Waals surface area contributed by atoms with E-state index in [9.17, 15) is 15.0 Å². The van der Waals surface area contributed by atoms with Gasteiger partial charge in [-0.3, -0.25) is 4.79 Å². The van der Waals surface area contributed by atoms with Crippen LogP contribution in [0.3, 0.4) is 0 Å². The molecular weight excluding hydrogens is 308 g/mol. The lowest BCUT2D eigenvalue weighted by molar-refractivity contribution is 0.415. The molecule has 0 aliphatic heterocycles. The lowest BCUT2D eigenvalue weighted by Crippen LogP contribution is -2.02. The summed E-state index contributed by atoms with van der Waals surface area (Å²) in [6.07, 6.45) is 1.78. The number of ether oxygens (including phenoxy) is 1. The van der Waals surface area contributed by atoms with E-state index in [0.29, 0.717) is 17.1 Å². The van der Waals surface area contributed by atoms with Gasteiger partial charge >= 0.3 is 0 Å². The van der Waals surface area contributed by atoms with Crippen LogP contribution in [0, 0.1) is 0 Å². The molecule has 0 bridgehead atoms. The molecule has 0 fully saturated rings. The number of methoxy groups -OCH3 is 1. The van der Waals surface area contributed by atoms with Crippen molar-refractivity contribution in [1.29, 1.82) is 0 Å². The van der Waals surface area contributed by atoms with E-state index in [1.54, 1.807) is 31.4 Å². The van der Waals surface area contributed by atoms with Crippen LogP contribution in [0.15, 0.2) is 58.3 Å². The minimum atomic E-state index is -0.384. The molecule has 3 rings (SSSR count). The first kappa shape index (κ1) is 15.7. The van der Waals surface area contributed by atoms with Gasteiger partial charge in [0.25, 0.3) is 0 Å². The van der Waals surface area contributed by atoms with Crippen LogP contribution in [0.5, 0.6) is 17.2 Å². The topological polar surface area (TPSA) is 79.9 Å². The second kappa shape index (κ2) is 6.12. The highest BCUT2D eigenvalue weighted by Gasteiger charge is 2.17. The van der Waals surface area contributed by atoms with Gasteiger partial charge in [-0.2, -0.15) is 0 Å².